The Kier molecular flexibility index (Phi) is 1.95. The second-order valence-corrected chi connectivity index (χ2v) is 2.87. The van der Waals surface area contributed by atoms with Crippen molar-refractivity contribution in [1.29, 1.82) is 0 Å². The second kappa shape index (κ2) is 3.10. The molecule has 0 atom stereocenters. The SMILES string of the molecule is OCCNc1nnc(C2CC2)o1. The summed E-state index contributed by atoms with van der Waals surface area (Å²) < 4.78 is 5.27. The topological polar surface area (TPSA) is 71.2 Å². The standard InChI is InChI=1S/C7H11N3O2/c11-4-3-8-7-10-9-6(12-7)5-1-2-5/h5,11H,1-4H2,(H,8,10). The Hall–Kier alpha value is -1.10. The van der Waals surface area contributed by atoms with Crippen LogP contribution >= 0.6 is 0 Å². The van der Waals surface area contributed by atoms with Gasteiger partial charge in [0.05, 0.1) is 6.61 Å². The average molecular weight is 169 g/mol. The predicted octanol–water partition coefficient (Wildman–Crippen LogP) is 0.351. The first-order valence-corrected chi connectivity index (χ1v) is 4.08. The Morgan fingerprint density at radius 1 is 1.50 bits per heavy atom. The molecule has 0 aromatic carbocycles. The molecule has 0 bridgehead atoms. The lowest BCUT2D eigenvalue weighted by Crippen LogP contribution is -2.05. The first-order valence-electron chi connectivity index (χ1n) is 4.08. The summed E-state index contributed by atoms with van der Waals surface area (Å²) in [5.74, 6) is 1.21. The van der Waals surface area contributed by atoms with Crippen LogP contribution in [0.4, 0.5) is 6.01 Å². The Labute approximate surface area is 69.8 Å². The van der Waals surface area contributed by atoms with Crippen LogP contribution in [-0.4, -0.2) is 28.5 Å². The third kappa shape index (κ3) is 1.55. The highest BCUT2D eigenvalue weighted by atomic mass is 16.4. The van der Waals surface area contributed by atoms with Crippen molar-refractivity contribution in [3.63, 3.8) is 0 Å². The molecule has 0 saturated heterocycles. The summed E-state index contributed by atoms with van der Waals surface area (Å²) in [6.45, 7) is 0.521. The van der Waals surface area contributed by atoms with Crippen LogP contribution in [0.15, 0.2) is 4.42 Å². The number of aliphatic hydroxyl groups is 1. The first-order chi connectivity index (χ1) is 5.90. The van der Waals surface area contributed by atoms with E-state index in [1.807, 2.05) is 0 Å². The molecule has 0 unspecified atom stereocenters. The molecular formula is C7H11N3O2. The first kappa shape index (κ1) is 7.54. The van der Waals surface area contributed by atoms with E-state index >= 15 is 0 Å². The molecule has 5 heteroatoms. The zero-order valence-electron chi connectivity index (χ0n) is 6.66. The number of hydrogen-bond acceptors (Lipinski definition) is 5. The van der Waals surface area contributed by atoms with Gasteiger partial charge in [-0.1, -0.05) is 5.10 Å². The van der Waals surface area contributed by atoms with E-state index < -0.39 is 0 Å². The number of nitrogens with one attached hydrogen (secondary N) is 1. The van der Waals surface area contributed by atoms with E-state index in [4.69, 9.17) is 9.52 Å². The molecule has 1 aliphatic rings. The summed E-state index contributed by atoms with van der Waals surface area (Å²) in [6.07, 6.45) is 2.31. The molecule has 0 radical (unpaired) electrons. The maximum Gasteiger partial charge on any atom is 0.315 e. The minimum absolute atomic E-state index is 0.0706. The van der Waals surface area contributed by atoms with Crippen LogP contribution in [0.25, 0.3) is 0 Å². The van der Waals surface area contributed by atoms with Crippen LogP contribution in [0.2, 0.25) is 0 Å². The molecule has 66 valence electrons. The lowest BCUT2D eigenvalue weighted by atomic mass is 10.4. The monoisotopic (exact) mass is 169 g/mol. The quantitative estimate of drug-likeness (QED) is 0.680. The third-order valence-electron chi connectivity index (χ3n) is 1.76. The van der Waals surface area contributed by atoms with E-state index in [2.05, 4.69) is 15.5 Å². The fraction of sp³-hybridized carbons (Fsp3) is 0.714. The number of rotatable bonds is 4. The Morgan fingerprint density at radius 3 is 3.00 bits per heavy atom. The van der Waals surface area contributed by atoms with Gasteiger partial charge in [0.1, 0.15) is 0 Å². The number of aromatic nitrogens is 2. The summed E-state index contributed by atoms with van der Waals surface area (Å²) in [6, 6.07) is 0.408. The largest absolute Gasteiger partial charge is 0.408 e. The van der Waals surface area contributed by atoms with Gasteiger partial charge in [-0.3, -0.25) is 0 Å². The van der Waals surface area contributed by atoms with E-state index in [9.17, 15) is 0 Å². The molecule has 12 heavy (non-hydrogen) atoms. The fourth-order valence-corrected chi connectivity index (χ4v) is 0.964. The predicted molar refractivity (Wildman–Crippen MR) is 41.8 cm³/mol. The van der Waals surface area contributed by atoms with Gasteiger partial charge in [0.25, 0.3) is 0 Å². The normalized spacial score (nSPS) is 16.4. The Bertz CT molecular complexity index is 257. The van der Waals surface area contributed by atoms with Crippen molar-refractivity contribution >= 4 is 6.01 Å². The molecule has 5 nitrogen and oxygen atoms in total. The molecule has 0 amide bonds. The molecule has 0 aliphatic heterocycles. The summed E-state index contributed by atoms with van der Waals surface area (Å²) in [5, 5.41) is 19.0. The van der Waals surface area contributed by atoms with Crippen LogP contribution in [-0.2, 0) is 0 Å². The fourth-order valence-electron chi connectivity index (χ4n) is 0.964. The van der Waals surface area contributed by atoms with Crippen molar-refractivity contribution in [3.05, 3.63) is 5.89 Å². The lowest BCUT2D eigenvalue weighted by molar-refractivity contribution is 0.309. The number of nitrogens with zero attached hydrogens (tertiary/aromatic N) is 2. The maximum atomic E-state index is 8.50. The van der Waals surface area contributed by atoms with E-state index in [0.29, 0.717) is 18.5 Å². The molecule has 1 aromatic heterocycles. The van der Waals surface area contributed by atoms with Crippen LogP contribution in [0.1, 0.15) is 24.7 Å². The number of aliphatic hydroxyl groups excluding tert-OH is 1. The van der Waals surface area contributed by atoms with Crippen LogP contribution < -0.4 is 5.32 Å². The van der Waals surface area contributed by atoms with Crippen LogP contribution in [0, 0.1) is 0 Å². The van der Waals surface area contributed by atoms with Crippen molar-refractivity contribution in [2.75, 3.05) is 18.5 Å². The Morgan fingerprint density at radius 2 is 2.33 bits per heavy atom. The minimum atomic E-state index is 0.0706. The smallest absolute Gasteiger partial charge is 0.315 e. The van der Waals surface area contributed by atoms with Gasteiger partial charge in [-0.05, 0) is 12.8 Å². The minimum Gasteiger partial charge on any atom is -0.408 e. The third-order valence-corrected chi connectivity index (χ3v) is 1.76. The van der Waals surface area contributed by atoms with Crippen molar-refractivity contribution in [3.8, 4) is 0 Å². The maximum absolute atomic E-state index is 8.50. The van der Waals surface area contributed by atoms with Gasteiger partial charge >= 0.3 is 6.01 Å². The van der Waals surface area contributed by atoms with Gasteiger partial charge in [0, 0.05) is 12.5 Å². The second-order valence-electron chi connectivity index (χ2n) is 2.87. The van der Waals surface area contributed by atoms with Gasteiger partial charge in [0.15, 0.2) is 0 Å². The summed E-state index contributed by atoms with van der Waals surface area (Å²) in [5.41, 5.74) is 0. The highest BCUT2D eigenvalue weighted by molar-refractivity contribution is 5.18. The van der Waals surface area contributed by atoms with Crippen molar-refractivity contribution in [1.82, 2.24) is 10.2 Å². The van der Waals surface area contributed by atoms with Gasteiger partial charge in [0.2, 0.25) is 5.89 Å². The molecule has 1 aromatic rings. The van der Waals surface area contributed by atoms with E-state index in [1.165, 1.54) is 0 Å². The zero-order chi connectivity index (χ0) is 8.39. The van der Waals surface area contributed by atoms with Gasteiger partial charge in [-0.2, -0.15) is 0 Å². The summed E-state index contributed by atoms with van der Waals surface area (Å²) in [4.78, 5) is 0. The van der Waals surface area contributed by atoms with E-state index in [0.717, 1.165) is 18.7 Å². The van der Waals surface area contributed by atoms with Crippen LogP contribution in [0.3, 0.4) is 0 Å². The van der Waals surface area contributed by atoms with Crippen molar-refractivity contribution in [2.24, 2.45) is 0 Å². The zero-order valence-corrected chi connectivity index (χ0v) is 6.66. The van der Waals surface area contributed by atoms with Gasteiger partial charge < -0.3 is 14.8 Å². The van der Waals surface area contributed by atoms with Gasteiger partial charge in [-0.25, -0.2) is 0 Å². The summed E-state index contributed by atoms with van der Waals surface area (Å²) >= 11 is 0. The Balaban J connectivity index is 1.93. The average Bonchev–Trinajstić information content (AvgIpc) is 2.83. The van der Waals surface area contributed by atoms with Gasteiger partial charge in [-0.15, -0.1) is 5.10 Å². The molecule has 2 rings (SSSR count). The molecule has 0 spiro atoms. The molecule has 1 heterocycles. The highest BCUT2D eigenvalue weighted by Gasteiger charge is 2.29. The van der Waals surface area contributed by atoms with E-state index in [1.54, 1.807) is 0 Å². The number of anilines is 1. The molecule has 1 aliphatic carbocycles. The molecule has 2 N–H and O–H groups in total. The molecule has 1 saturated carbocycles. The number of hydrogen-bond donors (Lipinski definition) is 2. The van der Waals surface area contributed by atoms with Crippen LogP contribution in [0.5, 0.6) is 0 Å². The molecular weight excluding hydrogens is 158 g/mol. The highest BCUT2D eigenvalue weighted by Crippen LogP contribution is 2.39. The lowest BCUT2D eigenvalue weighted by Gasteiger charge is -1.94. The molecule has 1 fully saturated rings. The van der Waals surface area contributed by atoms with E-state index in [-0.39, 0.29) is 6.61 Å². The van der Waals surface area contributed by atoms with Crippen molar-refractivity contribution in [2.45, 2.75) is 18.8 Å². The summed E-state index contributed by atoms with van der Waals surface area (Å²) in [7, 11) is 0. The van der Waals surface area contributed by atoms with Crippen molar-refractivity contribution < 1.29 is 9.52 Å².